The normalized spacial score (nSPS) is 9.93. The van der Waals surface area contributed by atoms with Crippen molar-refractivity contribution >= 4 is 5.91 Å². The second-order valence-corrected chi connectivity index (χ2v) is 2.94. The fourth-order valence-corrected chi connectivity index (χ4v) is 1.02. The number of ether oxygens (including phenoxy) is 1. The van der Waals surface area contributed by atoms with Crippen LogP contribution in [0.5, 0.6) is 0 Å². The number of hydrogen-bond donors (Lipinski definition) is 1. The first kappa shape index (κ1) is 11.7. The number of nitrogens with one attached hydrogen (secondary N) is 1. The zero-order chi connectivity index (χ0) is 10.9. The van der Waals surface area contributed by atoms with E-state index in [2.05, 4.69) is 5.48 Å². The lowest BCUT2D eigenvalue weighted by molar-refractivity contribution is -0.138. The molecule has 1 N–H and O–H groups in total. The molecule has 4 nitrogen and oxygen atoms in total. The molecule has 1 rings (SSSR count). The molecule has 0 aliphatic heterocycles. The Morgan fingerprint density at radius 1 is 1.33 bits per heavy atom. The molecule has 0 aliphatic rings. The number of benzene rings is 1. The van der Waals surface area contributed by atoms with Crippen LogP contribution in [0.1, 0.15) is 12.5 Å². The molecule has 0 fully saturated rings. The topological polar surface area (TPSA) is 47.6 Å². The summed E-state index contributed by atoms with van der Waals surface area (Å²) in [6, 6.07) is 9.68. The summed E-state index contributed by atoms with van der Waals surface area (Å²) in [6.45, 7) is 2.69. The first-order chi connectivity index (χ1) is 7.33. The lowest BCUT2D eigenvalue weighted by atomic mass is 10.2. The third-order valence-electron chi connectivity index (χ3n) is 1.68. The van der Waals surface area contributed by atoms with E-state index in [1.165, 1.54) is 0 Å². The van der Waals surface area contributed by atoms with Gasteiger partial charge in [0.05, 0.1) is 13.2 Å². The van der Waals surface area contributed by atoms with Gasteiger partial charge >= 0.3 is 0 Å². The molecular formula is C11H15NO3. The van der Waals surface area contributed by atoms with E-state index in [0.717, 1.165) is 5.56 Å². The van der Waals surface area contributed by atoms with E-state index < -0.39 is 0 Å². The quantitative estimate of drug-likeness (QED) is 0.718. The zero-order valence-corrected chi connectivity index (χ0v) is 8.73. The van der Waals surface area contributed by atoms with Gasteiger partial charge in [0.25, 0.3) is 5.91 Å². The predicted molar refractivity (Wildman–Crippen MR) is 55.9 cm³/mol. The molecule has 0 atom stereocenters. The number of rotatable bonds is 6. The fourth-order valence-electron chi connectivity index (χ4n) is 1.02. The summed E-state index contributed by atoms with van der Waals surface area (Å²) in [5, 5.41) is 0. The molecular weight excluding hydrogens is 194 g/mol. The molecule has 1 aromatic rings. The molecule has 15 heavy (non-hydrogen) atoms. The summed E-state index contributed by atoms with van der Waals surface area (Å²) in [6.07, 6.45) is 0. The minimum atomic E-state index is -0.271. The van der Waals surface area contributed by atoms with Crippen molar-refractivity contribution in [1.82, 2.24) is 5.48 Å². The largest absolute Gasteiger partial charge is 0.367 e. The SMILES string of the molecule is CCONC(=O)COCc1ccccc1. The number of carbonyl (C=O) groups is 1. The number of hydroxylamine groups is 1. The Bertz CT molecular complexity index is 287. The van der Waals surface area contributed by atoms with Gasteiger partial charge < -0.3 is 4.74 Å². The Labute approximate surface area is 89.1 Å². The highest BCUT2D eigenvalue weighted by atomic mass is 16.7. The summed E-state index contributed by atoms with van der Waals surface area (Å²) in [5.41, 5.74) is 3.30. The van der Waals surface area contributed by atoms with E-state index in [9.17, 15) is 4.79 Å². The van der Waals surface area contributed by atoms with Gasteiger partial charge in [0.15, 0.2) is 0 Å². The Morgan fingerprint density at radius 3 is 2.73 bits per heavy atom. The maximum Gasteiger partial charge on any atom is 0.269 e. The van der Waals surface area contributed by atoms with Crippen molar-refractivity contribution in [2.45, 2.75) is 13.5 Å². The van der Waals surface area contributed by atoms with Gasteiger partial charge in [-0.05, 0) is 12.5 Å². The third kappa shape index (κ3) is 5.15. The first-order valence-corrected chi connectivity index (χ1v) is 4.85. The summed E-state index contributed by atoms with van der Waals surface area (Å²) >= 11 is 0. The van der Waals surface area contributed by atoms with Crippen LogP contribution < -0.4 is 5.48 Å². The molecule has 0 saturated carbocycles. The van der Waals surface area contributed by atoms with E-state index in [4.69, 9.17) is 9.57 Å². The fraction of sp³-hybridized carbons (Fsp3) is 0.364. The summed E-state index contributed by atoms with van der Waals surface area (Å²) in [7, 11) is 0. The Hall–Kier alpha value is -1.39. The van der Waals surface area contributed by atoms with Crippen molar-refractivity contribution in [3.8, 4) is 0 Å². The number of hydrogen-bond acceptors (Lipinski definition) is 3. The van der Waals surface area contributed by atoms with Crippen LogP contribution in [0.2, 0.25) is 0 Å². The van der Waals surface area contributed by atoms with Crippen LogP contribution in [0.4, 0.5) is 0 Å². The Kier molecular flexibility index (Phi) is 5.43. The van der Waals surface area contributed by atoms with Gasteiger partial charge in [-0.3, -0.25) is 9.63 Å². The summed E-state index contributed by atoms with van der Waals surface area (Å²) in [5.74, 6) is -0.271. The van der Waals surface area contributed by atoms with Gasteiger partial charge in [-0.15, -0.1) is 0 Å². The monoisotopic (exact) mass is 209 g/mol. The third-order valence-corrected chi connectivity index (χ3v) is 1.68. The highest BCUT2D eigenvalue weighted by Gasteiger charge is 2.00. The minimum absolute atomic E-state index is 0.00882. The van der Waals surface area contributed by atoms with Crippen molar-refractivity contribution in [1.29, 1.82) is 0 Å². The molecule has 1 amide bonds. The maximum atomic E-state index is 11.0. The van der Waals surface area contributed by atoms with Gasteiger partial charge in [-0.2, -0.15) is 0 Å². The van der Waals surface area contributed by atoms with Crippen LogP contribution in [0, 0.1) is 0 Å². The lowest BCUT2D eigenvalue weighted by Gasteiger charge is -2.05. The van der Waals surface area contributed by atoms with Crippen LogP contribution >= 0.6 is 0 Å². The van der Waals surface area contributed by atoms with Gasteiger partial charge in [-0.1, -0.05) is 30.3 Å². The van der Waals surface area contributed by atoms with Crippen LogP contribution in [0.3, 0.4) is 0 Å². The maximum absolute atomic E-state index is 11.0. The molecule has 0 unspecified atom stereocenters. The number of carbonyl (C=O) groups excluding carboxylic acids is 1. The molecule has 0 aliphatic carbocycles. The lowest BCUT2D eigenvalue weighted by Crippen LogP contribution is -2.27. The van der Waals surface area contributed by atoms with Gasteiger partial charge in [-0.25, -0.2) is 5.48 Å². The van der Waals surface area contributed by atoms with Crippen molar-refractivity contribution in [2.24, 2.45) is 0 Å². The van der Waals surface area contributed by atoms with Crippen LogP contribution in [0.15, 0.2) is 30.3 Å². The minimum Gasteiger partial charge on any atom is -0.367 e. The predicted octanol–water partition coefficient (Wildman–Crippen LogP) is 1.27. The summed E-state index contributed by atoms with van der Waals surface area (Å²) < 4.78 is 5.19. The van der Waals surface area contributed by atoms with E-state index in [1.807, 2.05) is 30.3 Å². The van der Waals surface area contributed by atoms with Crippen LogP contribution in [0.25, 0.3) is 0 Å². The molecule has 0 spiro atoms. The molecule has 0 saturated heterocycles. The zero-order valence-electron chi connectivity index (χ0n) is 8.73. The van der Waals surface area contributed by atoms with Gasteiger partial charge in [0.1, 0.15) is 6.61 Å². The molecule has 82 valence electrons. The first-order valence-electron chi connectivity index (χ1n) is 4.85. The van der Waals surface area contributed by atoms with Crippen molar-refractivity contribution in [2.75, 3.05) is 13.2 Å². The van der Waals surface area contributed by atoms with Crippen molar-refractivity contribution in [3.63, 3.8) is 0 Å². The van der Waals surface area contributed by atoms with Crippen molar-refractivity contribution < 1.29 is 14.4 Å². The van der Waals surface area contributed by atoms with Crippen molar-refractivity contribution in [3.05, 3.63) is 35.9 Å². The standard InChI is InChI=1S/C11H15NO3/c1-2-15-12-11(13)9-14-8-10-6-4-3-5-7-10/h3-7H,2,8-9H2,1H3,(H,12,13). The molecule has 0 bridgehead atoms. The average Bonchev–Trinajstić information content (AvgIpc) is 2.28. The van der Waals surface area contributed by atoms with Crippen LogP contribution in [-0.2, 0) is 21.0 Å². The molecule has 0 aromatic heterocycles. The molecule has 0 heterocycles. The van der Waals surface area contributed by atoms with E-state index in [1.54, 1.807) is 6.92 Å². The highest BCUT2D eigenvalue weighted by molar-refractivity contribution is 5.75. The highest BCUT2D eigenvalue weighted by Crippen LogP contribution is 1.99. The van der Waals surface area contributed by atoms with E-state index in [-0.39, 0.29) is 12.5 Å². The van der Waals surface area contributed by atoms with Crippen LogP contribution in [-0.4, -0.2) is 19.1 Å². The molecule has 4 heteroatoms. The van der Waals surface area contributed by atoms with E-state index >= 15 is 0 Å². The summed E-state index contributed by atoms with van der Waals surface area (Å²) in [4.78, 5) is 15.7. The second-order valence-electron chi connectivity index (χ2n) is 2.94. The second kappa shape index (κ2) is 6.98. The van der Waals surface area contributed by atoms with E-state index in [0.29, 0.717) is 13.2 Å². The molecule has 1 aromatic carbocycles. The smallest absolute Gasteiger partial charge is 0.269 e. The number of amides is 1. The Balaban J connectivity index is 2.14. The molecule has 0 radical (unpaired) electrons. The average molecular weight is 209 g/mol. The van der Waals surface area contributed by atoms with Gasteiger partial charge in [0.2, 0.25) is 0 Å². The Morgan fingerprint density at radius 2 is 2.07 bits per heavy atom. The van der Waals surface area contributed by atoms with Gasteiger partial charge in [0, 0.05) is 0 Å².